The molecule has 35 heavy (non-hydrogen) atoms. The molecule has 0 radical (unpaired) electrons. The number of rotatable bonds is 12. The van der Waals surface area contributed by atoms with Gasteiger partial charge in [0, 0.05) is 46.7 Å². The number of aliphatic hydroxyl groups excluding tert-OH is 2. The Labute approximate surface area is 207 Å². The van der Waals surface area contributed by atoms with E-state index in [1.54, 1.807) is 0 Å². The Kier molecular flexibility index (Phi) is 8.56. The lowest BCUT2D eigenvalue weighted by Gasteiger charge is -2.12. The number of carbonyl (C=O) groups excluding carboxylic acids is 2. The second-order valence-corrected chi connectivity index (χ2v) is 9.30. The highest BCUT2D eigenvalue weighted by molar-refractivity contribution is 5.76. The molecular weight excluding hydrogens is 442 g/mol. The van der Waals surface area contributed by atoms with Crippen molar-refractivity contribution in [1.29, 1.82) is 0 Å². The summed E-state index contributed by atoms with van der Waals surface area (Å²) in [5, 5.41) is 21.3. The molecule has 0 aliphatic rings. The molecule has 0 aliphatic heterocycles. The molecular formula is C28H39N3O4. The van der Waals surface area contributed by atoms with Crippen molar-refractivity contribution in [1.82, 2.24) is 15.0 Å². The maximum atomic E-state index is 11.6. The number of aromatic nitrogens is 3. The maximum absolute atomic E-state index is 11.6. The van der Waals surface area contributed by atoms with Crippen LogP contribution in [0, 0.1) is 13.8 Å². The predicted molar refractivity (Wildman–Crippen MR) is 137 cm³/mol. The van der Waals surface area contributed by atoms with Crippen LogP contribution in [0.1, 0.15) is 130 Å². The van der Waals surface area contributed by atoms with Gasteiger partial charge >= 0.3 is 0 Å². The molecule has 3 aromatic heterocycles. The first-order valence-corrected chi connectivity index (χ1v) is 12.7. The molecule has 0 saturated heterocycles. The summed E-state index contributed by atoms with van der Waals surface area (Å²) in [6, 6.07) is 0. The molecule has 0 saturated carbocycles. The second-order valence-electron chi connectivity index (χ2n) is 9.30. The quantitative estimate of drug-likeness (QED) is 0.231. The molecule has 0 aromatic carbocycles. The summed E-state index contributed by atoms with van der Waals surface area (Å²) in [4.78, 5) is 33.3. The Morgan fingerprint density at radius 2 is 1.03 bits per heavy atom. The third-order valence-corrected chi connectivity index (χ3v) is 7.32. The molecule has 7 heteroatoms. The van der Waals surface area contributed by atoms with E-state index >= 15 is 0 Å². The van der Waals surface area contributed by atoms with Gasteiger partial charge in [-0.05, 0) is 61.8 Å². The fraction of sp³-hybridized carbons (Fsp3) is 0.500. The number of nitrogens with one attached hydrogen (secondary N) is 3. The van der Waals surface area contributed by atoms with Gasteiger partial charge in [-0.25, -0.2) is 0 Å². The average molecular weight is 482 g/mol. The molecule has 0 spiro atoms. The number of hydrogen-bond acceptors (Lipinski definition) is 4. The van der Waals surface area contributed by atoms with Gasteiger partial charge in [-0.1, -0.05) is 27.7 Å². The van der Waals surface area contributed by atoms with Crippen molar-refractivity contribution in [2.24, 2.45) is 0 Å². The molecule has 3 heterocycles. The van der Waals surface area contributed by atoms with Crippen LogP contribution < -0.4 is 0 Å². The van der Waals surface area contributed by atoms with Crippen LogP contribution in [0.5, 0.6) is 0 Å². The minimum atomic E-state index is -0.637. The van der Waals surface area contributed by atoms with Crippen LogP contribution in [0.15, 0.2) is 0 Å². The zero-order chi connectivity index (χ0) is 25.9. The SMILES string of the molecule is CCc1c(Cc2[nH]c(C=O)c(C)c2C(O)CC)[nH]c(Cc2[nH]c(C=O)c(C)c2C(O)CC)c1CC. The lowest BCUT2D eigenvalue weighted by Crippen LogP contribution is -2.03. The van der Waals surface area contributed by atoms with Gasteiger partial charge in [0.15, 0.2) is 12.6 Å². The van der Waals surface area contributed by atoms with Gasteiger partial charge < -0.3 is 25.2 Å². The van der Waals surface area contributed by atoms with E-state index in [2.05, 4.69) is 28.8 Å². The average Bonchev–Trinajstić information content (AvgIpc) is 3.47. The van der Waals surface area contributed by atoms with E-state index in [0.29, 0.717) is 37.1 Å². The zero-order valence-corrected chi connectivity index (χ0v) is 21.8. The minimum absolute atomic E-state index is 0.504. The number of carbonyl (C=O) groups is 2. The number of H-pyrrole nitrogens is 3. The molecule has 0 aliphatic carbocycles. The van der Waals surface area contributed by atoms with Crippen LogP contribution in [-0.4, -0.2) is 37.7 Å². The lowest BCUT2D eigenvalue weighted by molar-refractivity contribution is 0.111. The fourth-order valence-corrected chi connectivity index (χ4v) is 5.42. The van der Waals surface area contributed by atoms with E-state index in [4.69, 9.17) is 0 Å². The molecule has 3 rings (SSSR count). The topological polar surface area (TPSA) is 122 Å². The van der Waals surface area contributed by atoms with E-state index in [9.17, 15) is 19.8 Å². The van der Waals surface area contributed by atoms with E-state index in [1.807, 2.05) is 27.7 Å². The van der Waals surface area contributed by atoms with Crippen LogP contribution in [0.4, 0.5) is 0 Å². The first-order chi connectivity index (χ1) is 16.8. The molecule has 0 amide bonds. The fourth-order valence-electron chi connectivity index (χ4n) is 5.42. The summed E-state index contributed by atoms with van der Waals surface area (Å²) in [7, 11) is 0. The van der Waals surface area contributed by atoms with Gasteiger partial charge in [-0.3, -0.25) is 9.59 Å². The maximum Gasteiger partial charge on any atom is 0.166 e. The van der Waals surface area contributed by atoms with E-state index < -0.39 is 12.2 Å². The number of aliphatic hydroxyl groups is 2. The summed E-state index contributed by atoms with van der Waals surface area (Å²) in [6.07, 6.45) is 4.25. The Bertz CT molecular complexity index is 1110. The summed E-state index contributed by atoms with van der Waals surface area (Å²) in [5.74, 6) is 0. The van der Waals surface area contributed by atoms with Gasteiger partial charge in [-0.15, -0.1) is 0 Å². The van der Waals surface area contributed by atoms with Crippen LogP contribution in [-0.2, 0) is 25.7 Å². The molecule has 0 bridgehead atoms. The zero-order valence-electron chi connectivity index (χ0n) is 21.8. The van der Waals surface area contributed by atoms with Gasteiger partial charge in [-0.2, -0.15) is 0 Å². The molecule has 0 fully saturated rings. The highest BCUT2D eigenvalue weighted by atomic mass is 16.3. The van der Waals surface area contributed by atoms with Crippen molar-refractivity contribution in [3.63, 3.8) is 0 Å². The Morgan fingerprint density at radius 3 is 1.31 bits per heavy atom. The van der Waals surface area contributed by atoms with Crippen molar-refractivity contribution >= 4 is 12.6 Å². The molecule has 3 aromatic rings. The molecule has 5 N–H and O–H groups in total. The van der Waals surface area contributed by atoms with Crippen molar-refractivity contribution in [3.05, 3.63) is 67.5 Å². The van der Waals surface area contributed by atoms with E-state index in [0.717, 1.165) is 70.4 Å². The van der Waals surface area contributed by atoms with E-state index in [-0.39, 0.29) is 0 Å². The van der Waals surface area contributed by atoms with E-state index in [1.165, 1.54) is 11.1 Å². The van der Waals surface area contributed by atoms with Crippen molar-refractivity contribution in [2.45, 2.75) is 92.3 Å². The second kappa shape index (κ2) is 11.2. The first kappa shape index (κ1) is 26.7. The summed E-state index contributed by atoms with van der Waals surface area (Å²) in [5.41, 5.74) is 10.5. The smallest absolute Gasteiger partial charge is 0.166 e. The van der Waals surface area contributed by atoms with Gasteiger partial charge in [0.25, 0.3) is 0 Å². The Balaban J connectivity index is 2.09. The molecule has 2 unspecified atom stereocenters. The van der Waals surface area contributed by atoms with Crippen LogP contribution in [0.3, 0.4) is 0 Å². The monoisotopic (exact) mass is 481 g/mol. The summed E-state index contributed by atoms with van der Waals surface area (Å²) < 4.78 is 0. The Morgan fingerprint density at radius 1 is 0.657 bits per heavy atom. The van der Waals surface area contributed by atoms with Gasteiger partial charge in [0.1, 0.15) is 0 Å². The number of aldehydes is 2. The Hall–Kier alpha value is -2.90. The minimum Gasteiger partial charge on any atom is -0.388 e. The number of hydrogen-bond donors (Lipinski definition) is 5. The highest BCUT2D eigenvalue weighted by Gasteiger charge is 2.25. The van der Waals surface area contributed by atoms with Gasteiger partial charge in [0.05, 0.1) is 23.6 Å². The third-order valence-electron chi connectivity index (χ3n) is 7.32. The largest absolute Gasteiger partial charge is 0.388 e. The highest BCUT2D eigenvalue weighted by Crippen LogP contribution is 2.33. The number of aromatic amines is 3. The van der Waals surface area contributed by atoms with Crippen LogP contribution in [0.2, 0.25) is 0 Å². The van der Waals surface area contributed by atoms with Crippen LogP contribution >= 0.6 is 0 Å². The van der Waals surface area contributed by atoms with Crippen molar-refractivity contribution in [3.8, 4) is 0 Å². The lowest BCUT2D eigenvalue weighted by atomic mass is 9.96. The molecule has 7 nitrogen and oxygen atoms in total. The normalized spacial score (nSPS) is 13.3. The summed E-state index contributed by atoms with van der Waals surface area (Å²) >= 11 is 0. The van der Waals surface area contributed by atoms with Gasteiger partial charge in [0.2, 0.25) is 0 Å². The van der Waals surface area contributed by atoms with Crippen molar-refractivity contribution in [2.75, 3.05) is 0 Å². The third kappa shape index (κ3) is 4.93. The standard InChI is InChI=1S/C28H39N3O4/c1-7-17-18(8-2)20(12-22-28(26(35)10-4)16(6)24(14-33)31-22)29-19(17)11-21-27(25(34)9-3)15(5)23(13-32)30-21/h13-14,25-26,29-31,34-35H,7-12H2,1-6H3. The first-order valence-electron chi connectivity index (χ1n) is 12.7. The van der Waals surface area contributed by atoms with Crippen LogP contribution in [0.25, 0.3) is 0 Å². The summed E-state index contributed by atoms with van der Waals surface area (Å²) in [6.45, 7) is 11.8. The predicted octanol–water partition coefficient (Wildman–Crippen LogP) is 5.11. The van der Waals surface area contributed by atoms with Crippen molar-refractivity contribution < 1.29 is 19.8 Å². The molecule has 2 atom stereocenters. The molecule has 190 valence electrons.